The van der Waals surface area contributed by atoms with Gasteiger partial charge in [0.1, 0.15) is 17.5 Å². The van der Waals surface area contributed by atoms with Gasteiger partial charge in [0, 0.05) is 10.9 Å². The summed E-state index contributed by atoms with van der Waals surface area (Å²) in [7, 11) is 0. The van der Waals surface area contributed by atoms with E-state index in [0.717, 1.165) is 24.3 Å². The van der Waals surface area contributed by atoms with E-state index in [2.05, 4.69) is 15.9 Å². The van der Waals surface area contributed by atoms with Crippen LogP contribution in [0, 0.1) is 17.5 Å². The largest absolute Gasteiger partial charge is 0.294 e. The third-order valence-corrected chi connectivity index (χ3v) is 3.26. The normalized spacial score (nSPS) is 10.5. The molecule has 0 amide bonds. The Labute approximate surface area is 116 Å². The van der Waals surface area contributed by atoms with Crippen molar-refractivity contribution in [1.82, 2.24) is 0 Å². The Morgan fingerprint density at radius 2 is 1.79 bits per heavy atom. The lowest BCUT2D eigenvalue weighted by Gasteiger charge is -2.06. The number of hydrogen-bond acceptors (Lipinski definition) is 1. The maximum absolute atomic E-state index is 13.6. The molecule has 0 saturated carbocycles. The molecule has 1 nitrogen and oxygen atoms in total. The molecule has 0 atom stereocenters. The highest BCUT2D eigenvalue weighted by Crippen LogP contribution is 2.22. The van der Waals surface area contributed by atoms with Gasteiger partial charge in [-0.25, -0.2) is 13.2 Å². The van der Waals surface area contributed by atoms with Gasteiger partial charge in [-0.3, -0.25) is 4.79 Å². The SMILES string of the molecule is O=C(Cc1cc(F)ccc1F)c1c(F)cccc1Br. The number of halogens is 4. The van der Waals surface area contributed by atoms with Crippen LogP contribution < -0.4 is 0 Å². The zero-order valence-electron chi connectivity index (χ0n) is 9.59. The zero-order chi connectivity index (χ0) is 14.0. The van der Waals surface area contributed by atoms with Gasteiger partial charge in [-0.05, 0) is 51.8 Å². The first kappa shape index (κ1) is 13.8. The summed E-state index contributed by atoms with van der Waals surface area (Å²) in [5, 5.41) is 0. The van der Waals surface area contributed by atoms with E-state index in [0.29, 0.717) is 0 Å². The summed E-state index contributed by atoms with van der Waals surface area (Å²) in [5.74, 6) is -2.65. The Bertz CT molecular complexity index is 620. The van der Waals surface area contributed by atoms with Gasteiger partial charge in [-0.2, -0.15) is 0 Å². The van der Waals surface area contributed by atoms with E-state index in [-0.39, 0.29) is 15.6 Å². The maximum Gasteiger partial charge on any atom is 0.171 e. The minimum absolute atomic E-state index is 0.0971. The molecule has 0 aromatic heterocycles. The van der Waals surface area contributed by atoms with Crippen LogP contribution in [0.2, 0.25) is 0 Å². The minimum Gasteiger partial charge on any atom is -0.294 e. The van der Waals surface area contributed by atoms with Crippen molar-refractivity contribution in [2.24, 2.45) is 0 Å². The lowest BCUT2D eigenvalue weighted by atomic mass is 10.0. The second kappa shape index (κ2) is 5.57. The number of ketones is 1. The molecule has 0 fully saturated rings. The Kier molecular flexibility index (Phi) is 4.04. The first-order valence-electron chi connectivity index (χ1n) is 5.40. The fraction of sp³-hybridized carbons (Fsp3) is 0.0714. The average molecular weight is 329 g/mol. The molecule has 2 rings (SSSR count). The van der Waals surface area contributed by atoms with Crippen molar-refractivity contribution in [3.8, 4) is 0 Å². The van der Waals surface area contributed by atoms with E-state index in [1.807, 2.05) is 0 Å². The molecule has 0 aliphatic carbocycles. The van der Waals surface area contributed by atoms with Crippen molar-refractivity contribution in [1.29, 1.82) is 0 Å². The van der Waals surface area contributed by atoms with E-state index in [1.54, 1.807) is 0 Å². The summed E-state index contributed by atoms with van der Waals surface area (Å²) in [5.41, 5.74) is -0.258. The zero-order valence-corrected chi connectivity index (χ0v) is 11.2. The van der Waals surface area contributed by atoms with E-state index in [9.17, 15) is 18.0 Å². The number of hydrogen-bond donors (Lipinski definition) is 0. The van der Waals surface area contributed by atoms with Crippen molar-refractivity contribution >= 4 is 21.7 Å². The predicted molar refractivity (Wildman–Crippen MR) is 68.5 cm³/mol. The highest BCUT2D eigenvalue weighted by Gasteiger charge is 2.17. The van der Waals surface area contributed by atoms with Gasteiger partial charge < -0.3 is 0 Å². The second-order valence-corrected chi connectivity index (χ2v) is 4.79. The van der Waals surface area contributed by atoms with Gasteiger partial charge >= 0.3 is 0 Å². The van der Waals surface area contributed by atoms with E-state index >= 15 is 0 Å². The maximum atomic E-state index is 13.6. The number of rotatable bonds is 3. The van der Waals surface area contributed by atoms with Crippen LogP contribution in [0.3, 0.4) is 0 Å². The van der Waals surface area contributed by atoms with Crippen molar-refractivity contribution in [2.45, 2.75) is 6.42 Å². The summed E-state index contributed by atoms with van der Waals surface area (Å²) in [6, 6.07) is 6.93. The molecule has 0 spiro atoms. The lowest BCUT2D eigenvalue weighted by Crippen LogP contribution is -2.08. The molecule has 98 valence electrons. The number of Topliss-reactive ketones (excluding diaryl/α,β-unsaturated/α-hetero) is 1. The van der Waals surface area contributed by atoms with Crippen LogP contribution in [0.25, 0.3) is 0 Å². The van der Waals surface area contributed by atoms with Crippen LogP contribution >= 0.6 is 15.9 Å². The van der Waals surface area contributed by atoms with E-state index in [4.69, 9.17) is 0 Å². The molecular formula is C14H8BrF3O. The Morgan fingerprint density at radius 3 is 2.47 bits per heavy atom. The first-order valence-corrected chi connectivity index (χ1v) is 6.19. The Balaban J connectivity index is 2.34. The van der Waals surface area contributed by atoms with Crippen LogP contribution in [0.4, 0.5) is 13.2 Å². The summed E-state index contributed by atoms with van der Waals surface area (Å²) < 4.78 is 40.3. The van der Waals surface area contributed by atoms with Crippen LogP contribution in [0.5, 0.6) is 0 Å². The standard InChI is InChI=1S/C14H8BrF3O/c15-10-2-1-3-12(18)14(10)13(19)7-8-6-9(16)4-5-11(8)17/h1-6H,7H2. The molecule has 2 aromatic rings. The van der Waals surface area contributed by atoms with Gasteiger partial charge in [-0.1, -0.05) is 6.07 Å². The topological polar surface area (TPSA) is 17.1 Å². The molecule has 0 N–H and O–H groups in total. The van der Waals surface area contributed by atoms with Crippen LogP contribution in [-0.2, 0) is 6.42 Å². The summed E-state index contributed by atoms with van der Waals surface area (Å²) in [6.07, 6.45) is -0.400. The smallest absolute Gasteiger partial charge is 0.171 e. The Hall–Kier alpha value is -1.62. The van der Waals surface area contributed by atoms with Gasteiger partial charge in [0.2, 0.25) is 0 Å². The average Bonchev–Trinajstić information content (AvgIpc) is 2.33. The van der Waals surface area contributed by atoms with Crippen LogP contribution in [0.15, 0.2) is 40.9 Å². The van der Waals surface area contributed by atoms with Crippen LogP contribution in [0.1, 0.15) is 15.9 Å². The molecule has 0 heterocycles. The van der Waals surface area contributed by atoms with Gasteiger partial charge in [0.25, 0.3) is 0 Å². The van der Waals surface area contributed by atoms with Crippen molar-refractivity contribution in [2.75, 3.05) is 0 Å². The number of carbonyl (C=O) groups excluding carboxylic acids is 1. The summed E-state index contributed by atoms with van der Waals surface area (Å²) in [4.78, 5) is 12.0. The van der Waals surface area contributed by atoms with Gasteiger partial charge in [-0.15, -0.1) is 0 Å². The summed E-state index contributed by atoms with van der Waals surface area (Å²) in [6.45, 7) is 0. The summed E-state index contributed by atoms with van der Waals surface area (Å²) >= 11 is 3.07. The molecule has 19 heavy (non-hydrogen) atoms. The van der Waals surface area contributed by atoms with Gasteiger partial charge in [0.15, 0.2) is 5.78 Å². The molecule has 0 aliphatic heterocycles. The predicted octanol–water partition coefficient (Wildman–Crippen LogP) is 4.29. The minimum atomic E-state index is -0.698. The molecule has 0 unspecified atom stereocenters. The third kappa shape index (κ3) is 3.04. The number of benzene rings is 2. The molecule has 5 heteroatoms. The van der Waals surface area contributed by atoms with E-state index < -0.39 is 29.7 Å². The second-order valence-electron chi connectivity index (χ2n) is 3.93. The molecule has 0 bridgehead atoms. The highest BCUT2D eigenvalue weighted by molar-refractivity contribution is 9.10. The van der Waals surface area contributed by atoms with E-state index in [1.165, 1.54) is 12.1 Å². The highest BCUT2D eigenvalue weighted by atomic mass is 79.9. The molecule has 0 aliphatic rings. The first-order chi connectivity index (χ1) is 8.99. The third-order valence-electron chi connectivity index (χ3n) is 2.60. The Morgan fingerprint density at radius 1 is 1.05 bits per heavy atom. The van der Waals surface area contributed by atoms with Crippen molar-refractivity contribution in [3.63, 3.8) is 0 Å². The van der Waals surface area contributed by atoms with Crippen LogP contribution in [-0.4, -0.2) is 5.78 Å². The fourth-order valence-corrected chi connectivity index (χ4v) is 2.27. The molecule has 2 aromatic carbocycles. The quantitative estimate of drug-likeness (QED) is 0.768. The van der Waals surface area contributed by atoms with Gasteiger partial charge in [0.05, 0.1) is 5.56 Å². The van der Waals surface area contributed by atoms with Crippen molar-refractivity contribution < 1.29 is 18.0 Å². The van der Waals surface area contributed by atoms with Crippen molar-refractivity contribution in [3.05, 3.63) is 69.4 Å². The fourth-order valence-electron chi connectivity index (χ4n) is 1.70. The molecular weight excluding hydrogens is 321 g/mol. The number of carbonyl (C=O) groups is 1. The molecule has 0 saturated heterocycles. The molecule has 0 radical (unpaired) electrons. The monoisotopic (exact) mass is 328 g/mol. The lowest BCUT2D eigenvalue weighted by molar-refractivity contribution is 0.0987.